The molecule has 1 aromatic carbocycles. The molecule has 0 saturated carbocycles. The molecule has 2 rings (SSSR count). The number of anilines is 1. The first-order chi connectivity index (χ1) is 7.56. The van der Waals surface area contributed by atoms with Gasteiger partial charge in [0.05, 0.1) is 11.0 Å². The summed E-state index contributed by atoms with van der Waals surface area (Å²) in [7, 11) is 0. The molecule has 6 N–H and O–H groups in total. The van der Waals surface area contributed by atoms with Crippen molar-refractivity contribution in [3.8, 4) is 0 Å². The van der Waals surface area contributed by atoms with Gasteiger partial charge in [0, 0.05) is 0 Å². The van der Waals surface area contributed by atoms with Crippen LogP contribution in [0.25, 0.3) is 11.0 Å². The second-order valence-electron chi connectivity index (χ2n) is 3.62. The average molecular weight is 220 g/mol. The lowest BCUT2D eigenvalue weighted by Crippen LogP contribution is -2.32. The number of nitrogens with two attached hydrogens (primary N) is 2. The SMILES string of the molecule is Nc1nc2ccc(C[C@H](N)C(=O)O)cc2[nH]1. The van der Waals surface area contributed by atoms with Gasteiger partial charge in [-0.25, -0.2) is 4.98 Å². The average Bonchev–Trinajstić information content (AvgIpc) is 2.57. The van der Waals surface area contributed by atoms with Crippen LogP contribution in [0.15, 0.2) is 18.2 Å². The van der Waals surface area contributed by atoms with E-state index in [1.54, 1.807) is 12.1 Å². The van der Waals surface area contributed by atoms with Crippen LogP contribution in [0.2, 0.25) is 0 Å². The highest BCUT2D eigenvalue weighted by molar-refractivity contribution is 5.78. The van der Waals surface area contributed by atoms with Crippen LogP contribution >= 0.6 is 0 Å². The quantitative estimate of drug-likeness (QED) is 0.585. The number of H-pyrrole nitrogens is 1. The van der Waals surface area contributed by atoms with Crippen LogP contribution in [0.3, 0.4) is 0 Å². The molecule has 2 aromatic rings. The van der Waals surface area contributed by atoms with Crippen molar-refractivity contribution in [2.45, 2.75) is 12.5 Å². The van der Waals surface area contributed by atoms with E-state index in [1.165, 1.54) is 0 Å². The Morgan fingerprint density at radius 1 is 1.56 bits per heavy atom. The van der Waals surface area contributed by atoms with Crippen LogP contribution in [0.5, 0.6) is 0 Å². The molecule has 1 atom stereocenters. The van der Waals surface area contributed by atoms with E-state index in [0.29, 0.717) is 5.95 Å². The van der Waals surface area contributed by atoms with Gasteiger partial charge in [-0.1, -0.05) is 6.07 Å². The Morgan fingerprint density at radius 3 is 3.00 bits per heavy atom. The number of carbonyl (C=O) groups is 1. The molecule has 0 fully saturated rings. The van der Waals surface area contributed by atoms with Crippen LogP contribution in [0.1, 0.15) is 5.56 Å². The lowest BCUT2D eigenvalue weighted by molar-refractivity contribution is -0.138. The third-order valence-corrected chi connectivity index (χ3v) is 2.34. The molecule has 1 heterocycles. The molecule has 84 valence electrons. The van der Waals surface area contributed by atoms with Gasteiger partial charge in [-0.2, -0.15) is 0 Å². The van der Waals surface area contributed by atoms with Gasteiger partial charge in [0.25, 0.3) is 0 Å². The number of aliphatic carboxylic acids is 1. The summed E-state index contributed by atoms with van der Waals surface area (Å²) < 4.78 is 0. The zero-order valence-corrected chi connectivity index (χ0v) is 8.47. The van der Waals surface area contributed by atoms with E-state index in [-0.39, 0.29) is 6.42 Å². The maximum Gasteiger partial charge on any atom is 0.320 e. The van der Waals surface area contributed by atoms with Gasteiger partial charge >= 0.3 is 5.97 Å². The Kier molecular flexibility index (Phi) is 2.49. The summed E-state index contributed by atoms with van der Waals surface area (Å²) in [6.45, 7) is 0. The highest BCUT2D eigenvalue weighted by atomic mass is 16.4. The summed E-state index contributed by atoms with van der Waals surface area (Å²) in [6.07, 6.45) is 0.282. The van der Waals surface area contributed by atoms with Gasteiger partial charge in [-0.15, -0.1) is 0 Å². The number of fused-ring (bicyclic) bond motifs is 1. The van der Waals surface area contributed by atoms with E-state index in [9.17, 15) is 4.79 Å². The highest BCUT2D eigenvalue weighted by Crippen LogP contribution is 2.15. The number of benzene rings is 1. The number of carboxylic acid groups (broad SMARTS) is 1. The molecule has 6 heteroatoms. The van der Waals surface area contributed by atoms with Crippen LogP contribution in [-0.2, 0) is 11.2 Å². The van der Waals surface area contributed by atoms with Crippen LogP contribution in [0, 0.1) is 0 Å². The third-order valence-electron chi connectivity index (χ3n) is 2.34. The maximum atomic E-state index is 10.6. The molecule has 0 aliphatic rings. The van der Waals surface area contributed by atoms with Crippen LogP contribution < -0.4 is 11.5 Å². The van der Waals surface area contributed by atoms with Crippen molar-refractivity contribution in [2.24, 2.45) is 5.73 Å². The van der Waals surface area contributed by atoms with Gasteiger partial charge in [-0.05, 0) is 24.1 Å². The minimum Gasteiger partial charge on any atom is -0.480 e. The van der Waals surface area contributed by atoms with E-state index in [1.807, 2.05) is 6.07 Å². The molecule has 0 spiro atoms. The second kappa shape index (κ2) is 3.82. The summed E-state index contributed by atoms with van der Waals surface area (Å²) >= 11 is 0. The number of imidazole rings is 1. The molecule has 0 saturated heterocycles. The van der Waals surface area contributed by atoms with Gasteiger partial charge in [0.15, 0.2) is 5.95 Å². The molecule has 0 bridgehead atoms. The summed E-state index contributed by atoms with van der Waals surface area (Å²) in [4.78, 5) is 17.5. The number of hydrogen-bond acceptors (Lipinski definition) is 4. The Labute approximate surface area is 91.3 Å². The largest absolute Gasteiger partial charge is 0.480 e. The Balaban J connectivity index is 2.28. The van der Waals surface area contributed by atoms with E-state index in [2.05, 4.69) is 9.97 Å². The standard InChI is InChI=1S/C10H12N4O2/c11-6(9(15)16)3-5-1-2-7-8(4-5)14-10(12)13-7/h1-2,4,6H,3,11H2,(H,15,16)(H3,12,13,14)/t6-/m0/s1. The lowest BCUT2D eigenvalue weighted by atomic mass is 10.1. The Bertz CT molecular complexity index is 535. The van der Waals surface area contributed by atoms with E-state index in [4.69, 9.17) is 16.6 Å². The zero-order chi connectivity index (χ0) is 11.7. The van der Waals surface area contributed by atoms with Crippen molar-refractivity contribution in [3.63, 3.8) is 0 Å². The van der Waals surface area contributed by atoms with Gasteiger partial charge in [0.2, 0.25) is 0 Å². The number of nitrogens with zero attached hydrogens (tertiary/aromatic N) is 1. The van der Waals surface area contributed by atoms with Gasteiger partial charge in [0.1, 0.15) is 6.04 Å². The fourth-order valence-corrected chi connectivity index (χ4v) is 1.54. The summed E-state index contributed by atoms with van der Waals surface area (Å²) in [5.41, 5.74) is 13.3. The van der Waals surface area contributed by atoms with Gasteiger partial charge in [-0.3, -0.25) is 4.79 Å². The molecule has 1 aromatic heterocycles. The molecule has 6 nitrogen and oxygen atoms in total. The van der Waals surface area contributed by atoms with E-state index >= 15 is 0 Å². The maximum absolute atomic E-state index is 10.6. The molecule has 0 amide bonds. The van der Waals surface area contributed by atoms with Crippen molar-refractivity contribution >= 4 is 23.0 Å². The Hall–Kier alpha value is -2.08. The number of nitrogens with one attached hydrogen (secondary N) is 1. The minimum absolute atomic E-state index is 0.282. The van der Waals surface area contributed by atoms with Crippen molar-refractivity contribution in [3.05, 3.63) is 23.8 Å². The van der Waals surface area contributed by atoms with E-state index < -0.39 is 12.0 Å². The topological polar surface area (TPSA) is 118 Å². The Morgan fingerprint density at radius 2 is 2.31 bits per heavy atom. The smallest absolute Gasteiger partial charge is 0.320 e. The normalized spacial score (nSPS) is 12.8. The zero-order valence-electron chi connectivity index (χ0n) is 8.47. The van der Waals surface area contributed by atoms with Crippen molar-refractivity contribution in [1.82, 2.24) is 9.97 Å². The number of rotatable bonds is 3. The van der Waals surface area contributed by atoms with Crippen molar-refractivity contribution in [2.75, 3.05) is 5.73 Å². The molecule has 0 aliphatic carbocycles. The second-order valence-corrected chi connectivity index (χ2v) is 3.62. The summed E-state index contributed by atoms with van der Waals surface area (Å²) in [5, 5.41) is 8.70. The number of hydrogen-bond donors (Lipinski definition) is 4. The monoisotopic (exact) mass is 220 g/mol. The van der Waals surface area contributed by atoms with Crippen LogP contribution in [0.4, 0.5) is 5.95 Å². The van der Waals surface area contributed by atoms with Crippen molar-refractivity contribution < 1.29 is 9.90 Å². The van der Waals surface area contributed by atoms with Crippen LogP contribution in [-0.4, -0.2) is 27.1 Å². The third kappa shape index (κ3) is 1.96. The fourth-order valence-electron chi connectivity index (χ4n) is 1.54. The van der Waals surface area contributed by atoms with Gasteiger partial charge < -0.3 is 21.6 Å². The summed E-state index contributed by atoms with van der Waals surface area (Å²) in [5.74, 6) is -0.668. The first-order valence-corrected chi connectivity index (χ1v) is 4.79. The molecule has 0 aliphatic heterocycles. The molecular formula is C10H12N4O2. The molecule has 16 heavy (non-hydrogen) atoms. The first-order valence-electron chi connectivity index (χ1n) is 4.79. The molecule has 0 radical (unpaired) electrons. The van der Waals surface area contributed by atoms with Crippen molar-refractivity contribution in [1.29, 1.82) is 0 Å². The number of nitrogen functional groups attached to an aromatic ring is 1. The number of carboxylic acids is 1. The number of aromatic nitrogens is 2. The lowest BCUT2D eigenvalue weighted by Gasteiger charge is -2.05. The minimum atomic E-state index is -1.01. The summed E-state index contributed by atoms with van der Waals surface area (Å²) in [6, 6.07) is 4.50. The fraction of sp³-hybridized carbons (Fsp3) is 0.200. The first kappa shape index (κ1) is 10.4. The predicted molar refractivity (Wildman–Crippen MR) is 59.8 cm³/mol. The number of aromatic amines is 1. The highest BCUT2D eigenvalue weighted by Gasteiger charge is 2.12. The molecule has 0 unspecified atom stereocenters. The molecular weight excluding hydrogens is 208 g/mol. The predicted octanol–water partition coefficient (Wildman–Crippen LogP) is 0.0995. The van der Waals surface area contributed by atoms with E-state index in [0.717, 1.165) is 16.6 Å².